The van der Waals surface area contributed by atoms with Crippen molar-refractivity contribution in [3.8, 4) is 0 Å². The van der Waals surface area contributed by atoms with Crippen molar-refractivity contribution in [3.63, 3.8) is 0 Å². The minimum Gasteiger partial charge on any atom is -0.463 e. The topological polar surface area (TPSA) is 76.7 Å². The molecule has 0 heterocycles. The van der Waals surface area contributed by atoms with E-state index in [1.807, 2.05) is 13.0 Å². The smallest absolute Gasteiger partial charge is 0.306 e. The SMILES string of the molecule is COCCOC(=O)CCC(=O)NC(=S)Nc1ccc(C)c(Cl)c1. The van der Waals surface area contributed by atoms with E-state index in [2.05, 4.69) is 10.6 Å². The molecule has 0 radical (unpaired) electrons. The number of hydrogen-bond acceptors (Lipinski definition) is 5. The van der Waals surface area contributed by atoms with Gasteiger partial charge in [0, 0.05) is 24.2 Å². The summed E-state index contributed by atoms with van der Waals surface area (Å²) in [6.45, 7) is 2.38. The summed E-state index contributed by atoms with van der Waals surface area (Å²) < 4.78 is 9.60. The van der Waals surface area contributed by atoms with Crippen LogP contribution in [-0.4, -0.2) is 37.3 Å². The van der Waals surface area contributed by atoms with Crippen LogP contribution >= 0.6 is 23.8 Å². The number of aryl methyl sites for hydroxylation is 1. The lowest BCUT2D eigenvalue weighted by atomic mass is 10.2. The number of esters is 1. The van der Waals surface area contributed by atoms with Gasteiger partial charge in [-0.1, -0.05) is 17.7 Å². The highest BCUT2D eigenvalue weighted by Crippen LogP contribution is 2.19. The van der Waals surface area contributed by atoms with E-state index in [0.29, 0.717) is 17.3 Å². The van der Waals surface area contributed by atoms with Crippen molar-refractivity contribution >= 4 is 46.5 Å². The Morgan fingerprint density at radius 1 is 1.26 bits per heavy atom. The van der Waals surface area contributed by atoms with Gasteiger partial charge in [0.05, 0.1) is 13.0 Å². The predicted octanol–water partition coefficient (Wildman–Crippen LogP) is 2.43. The molecule has 0 fully saturated rings. The molecule has 23 heavy (non-hydrogen) atoms. The van der Waals surface area contributed by atoms with Gasteiger partial charge >= 0.3 is 5.97 Å². The number of methoxy groups -OCH3 is 1. The van der Waals surface area contributed by atoms with E-state index in [9.17, 15) is 9.59 Å². The van der Waals surface area contributed by atoms with Crippen LogP contribution in [0.1, 0.15) is 18.4 Å². The molecule has 0 atom stereocenters. The normalized spacial score (nSPS) is 10.0. The minimum atomic E-state index is -0.457. The number of thiocarbonyl (C=S) groups is 1. The summed E-state index contributed by atoms with van der Waals surface area (Å²) in [5.41, 5.74) is 1.61. The first-order valence-corrected chi connectivity index (χ1v) is 7.72. The summed E-state index contributed by atoms with van der Waals surface area (Å²) >= 11 is 11.0. The molecule has 1 aromatic rings. The van der Waals surface area contributed by atoms with Crippen LogP contribution in [0.4, 0.5) is 5.69 Å². The van der Waals surface area contributed by atoms with Gasteiger partial charge in [-0.15, -0.1) is 0 Å². The molecule has 1 rings (SSSR count). The highest BCUT2D eigenvalue weighted by atomic mass is 35.5. The molecule has 0 aliphatic rings. The maximum atomic E-state index is 11.7. The molecule has 0 saturated carbocycles. The minimum absolute atomic E-state index is 0.0116. The fourth-order valence-electron chi connectivity index (χ4n) is 1.55. The lowest BCUT2D eigenvalue weighted by molar-refractivity contribution is -0.146. The number of carbonyl (C=O) groups is 2. The molecule has 0 aromatic heterocycles. The average molecular weight is 359 g/mol. The van der Waals surface area contributed by atoms with Gasteiger partial charge in [-0.25, -0.2) is 0 Å². The van der Waals surface area contributed by atoms with E-state index in [1.54, 1.807) is 12.1 Å². The highest BCUT2D eigenvalue weighted by molar-refractivity contribution is 7.80. The van der Waals surface area contributed by atoms with E-state index in [1.165, 1.54) is 7.11 Å². The van der Waals surface area contributed by atoms with Gasteiger partial charge < -0.3 is 20.1 Å². The molecular formula is C15H19ClN2O4S. The second-order valence-corrected chi connectivity index (χ2v) is 5.49. The van der Waals surface area contributed by atoms with Crippen molar-refractivity contribution in [1.29, 1.82) is 0 Å². The summed E-state index contributed by atoms with van der Waals surface area (Å²) in [7, 11) is 1.51. The first-order chi connectivity index (χ1) is 10.9. The summed E-state index contributed by atoms with van der Waals surface area (Å²) in [5, 5.41) is 6.08. The maximum absolute atomic E-state index is 11.7. The number of carbonyl (C=O) groups excluding carboxylic acids is 2. The third-order valence-electron chi connectivity index (χ3n) is 2.79. The molecule has 8 heteroatoms. The van der Waals surface area contributed by atoms with Crippen LogP contribution in [0.3, 0.4) is 0 Å². The number of anilines is 1. The maximum Gasteiger partial charge on any atom is 0.306 e. The molecule has 6 nitrogen and oxygen atoms in total. The van der Waals surface area contributed by atoms with Gasteiger partial charge in [0.15, 0.2) is 5.11 Å². The fraction of sp³-hybridized carbons (Fsp3) is 0.400. The highest BCUT2D eigenvalue weighted by Gasteiger charge is 2.10. The number of halogens is 1. The summed E-state index contributed by atoms with van der Waals surface area (Å²) in [6.07, 6.45) is -0.0309. The predicted molar refractivity (Wildman–Crippen MR) is 92.6 cm³/mol. The van der Waals surface area contributed by atoms with Crippen LogP contribution in [0.2, 0.25) is 5.02 Å². The number of ether oxygens (including phenoxy) is 2. The Morgan fingerprint density at radius 2 is 2.00 bits per heavy atom. The third-order valence-corrected chi connectivity index (χ3v) is 3.40. The Hall–Kier alpha value is -1.70. The van der Waals surface area contributed by atoms with Crippen LogP contribution < -0.4 is 10.6 Å². The van der Waals surface area contributed by atoms with Crippen molar-refractivity contribution in [2.24, 2.45) is 0 Å². The lowest BCUT2D eigenvalue weighted by Gasteiger charge is -2.10. The standard InChI is InChI=1S/C15H19ClN2O4S/c1-10-3-4-11(9-12(10)16)17-15(23)18-13(19)5-6-14(20)22-8-7-21-2/h3-4,9H,5-8H2,1-2H3,(H2,17,18,19,23). The Morgan fingerprint density at radius 3 is 2.65 bits per heavy atom. The molecule has 1 aromatic carbocycles. The Labute approximate surface area is 145 Å². The van der Waals surface area contributed by atoms with Crippen molar-refractivity contribution in [2.75, 3.05) is 25.6 Å². The zero-order valence-corrected chi connectivity index (χ0v) is 14.6. The molecule has 0 aliphatic carbocycles. The van der Waals surface area contributed by atoms with Gasteiger partial charge in [-0.2, -0.15) is 0 Å². The summed E-state index contributed by atoms with van der Waals surface area (Å²) in [6, 6.07) is 5.35. The Kier molecular flexibility index (Phi) is 8.53. The molecule has 0 bridgehead atoms. The third kappa shape index (κ3) is 7.92. The first-order valence-electron chi connectivity index (χ1n) is 6.94. The number of hydrogen-bond donors (Lipinski definition) is 2. The van der Waals surface area contributed by atoms with E-state index in [-0.39, 0.29) is 30.5 Å². The van der Waals surface area contributed by atoms with E-state index in [4.69, 9.17) is 33.3 Å². The molecule has 2 N–H and O–H groups in total. The molecule has 0 unspecified atom stereocenters. The zero-order valence-electron chi connectivity index (χ0n) is 13.0. The second kappa shape index (κ2) is 10.1. The van der Waals surface area contributed by atoms with Crippen molar-refractivity contribution in [2.45, 2.75) is 19.8 Å². The number of amides is 1. The van der Waals surface area contributed by atoms with Crippen LogP contribution in [0.25, 0.3) is 0 Å². The number of nitrogens with one attached hydrogen (secondary N) is 2. The quantitative estimate of drug-likeness (QED) is 0.443. The molecular weight excluding hydrogens is 340 g/mol. The van der Waals surface area contributed by atoms with Crippen LogP contribution in [0, 0.1) is 6.92 Å². The van der Waals surface area contributed by atoms with Crippen molar-refractivity contribution in [1.82, 2.24) is 5.32 Å². The zero-order chi connectivity index (χ0) is 17.2. The first kappa shape index (κ1) is 19.3. The van der Waals surface area contributed by atoms with Crippen LogP contribution in [0.5, 0.6) is 0 Å². The van der Waals surface area contributed by atoms with Gasteiger partial charge in [-0.3, -0.25) is 9.59 Å². The van der Waals surface area contributed by atoms with Crippen molar-refractivity contribution < 1.29 is 19.1 Å². The molecule has 1 amide bonds. The Bertz CT molecular complexity index is 581. The van der Waals surface area contributed by atoms with Gasteiger partial charge in [0.2, 0.25) is 5.91 Å². The molecule has 0 spiro atoms. The number of rotatable bonds is 7. The van der Waals surface area contributed by atoms with Crippen LogP contribution in [0.15, 0.2) is 18.2 Å². The van der Waals surface area contributed by atoms with Crippen molar-refractivity contribution in [3.05, 3.63) is 28.8 Å². The molecule has 0 saturated heterocycles. The lowest BCUT2D eigenvalue weighted by Crippen LogP contribution is -2.34. The van der Waals surface area contributed by atoms with Gasteiger partial charge in [0.1, 0.15) is 6.61 Å². The van der Waals surface area contributed by atoms with Gasteiger partial charge in [-0.05, 0) is 36.8 Å². The fourth-order valence-corrected chi connectivity index (χ4v) is 1.96. The van der Waals surface area contributed by atoms with E-state index >= 15 is 0 Å². The molecule has 126 valence electrons. The second-order valence-electron chi connectivity index (χ2n) is 4.68. The average Bonchev–Trinajstić information content (AvgIpc) is 2.49. The largest absolute Gasteiger partial charge is 0.463 e. The van der Waals surface area contributed by atoms with Gasteiger partial charge in [0.25, 0.3) is 0 Å². The summed E-state index contributed by atoms with van der Waals surface area (Å²) in [4.78, 5) is 23.0. The Balaban J connectivity index is 2.32. The van der Waals surface area contributed by atoms with E-state index in [0.717, 1.165) is 5.56 Å². The molecule has 0 aliphatic heterocycles. The summed E-state index contributed by atoms with van der Waals surface area (Å²) in [5.74, 6) is -0.828. The van der Waals surface area contributed by atoms with E-state index < -0.39 is 5.97 Å². The monoisotopic (exact) mass is 358 g/mol. The van der Waals surface area contributed by atoms with Crippen LogP contribution in [-0.2, 0) is 19.1 Å². The number of benzene rings is 1.